The SMILES string of the molecule is CC(C)(C)OC(=O)N1CC[C@H](Oc2nc(-c3n[nH]c(=O)[nH]3)cc3cccc(Cl)c23)C1. The zero-order chi connectivity index (χ0) is 21.5. The molecule has 2 N–H and O–H groups in total. The molecule has 2 aromatic heterocycles. The number of aromatic nitrogens is 4. The number of fused-ring (bicyclic) bond motifs is 1. The van der Waals surface area contributed by atoms with Crippen LogP contribution in [-0.4, -0.2) is 56.0 Å². The number of nitrogens with one attached hydrogen (secondary N) is 2. The molecule has 0 radical (unpaired) electrons. The first kappa shape index (κ1) is 20.2. The van der Waals surface area contributed by atoms with E-state index >= 15 is 0 Å². The summed E-state index contributed by atoms with van der Waals surface area (Å²) in [4.78, 5) is 32.5. The van der Waals surface area contributed by atoms with Crippen molar-refractivity contribution in [1.29, 1.82) is 0 Å². The molecule has 0 spiro atoms. The average molecular weight is 432 g/mol. The maximum absolute atomic E-state index is 12.3. The molecule has 1 amide bonds. The van der Waals surface area contributed by atoms with Crippen molar-refractivity contribution < 1.29 is 14.3 Å². The first-order valence-corrected chi connectivity index (χ1v) is 9.96. The van der Waals surface area contributed by atoms with Crippen LogP contribution in [0.5, 0.6) is 5.88 Å². The van der Waals surface area contributed by atoms with E-state index in [1.807, 2.05) is 32.9 Å². The van der Waals surface area contributed by atoms with Crippen LogP contribution in [0.1, 0.15) is 27.2 Å². The van der Waals surface area contributed by atoms with E-state index in [1.165, 1.54) is 0 Å². The average Bonchev–Trinajstić information content (AvgIpc) is 3.29. The topological polar surface area (TPSA) is 113 Å². The molecule has 1 aromatic carbocycles. The minimum atomic E-state index is -0.559. The van der Waals surface area contributed by atoms with Gasteiger partial charge in [-0.3, -0.25) is 4.98 Å². The summed E-state index contributed by atoms with van der Waals surface area (Å²) >= 11 is 6.42. The predicted molar refractivity (Wildman–Crippen MR) is 112 cm³/mol. The van der Waals surface area contributed by atoms with Gasteiger partial charge < -0.3 is 14.4 Å². The van der Waals surface area contributed by atoms with E-state index in [-0.39, 0.29) is 12.2 Å². The molecule has 30 heavy (non-hydrogen) atoms. The Bertz CT molecular complexity index is 1150. The Morgan fingerprint density at radius 1 is 1.33 bits per heavy atom. The number of hydrogen-bond donors (Lipinski definition) is 2. The van der Waals surface area contributed by atoms with E-state index in [0.717, 1.165) is 5.39 Å². The third-order valence-electron chi connectivity index (χ3n) is 4.59. The lowest BCUT2D eigenvalue weighted by atomic mass is 10.1. The summed E-state index contributed by atoms with van der Waals surface area (Å²) in [5.74, 6) is 0.626. The minimum Gasteiger partial charge on any atom is -0.472 e. The minimum absolute atomic E-state index is 0.266. The second-order valence-electron chi connectivity index (χ2n) is 8.13. The van der Waals surface area contributed by atoms with Gasteiger partial charge in [0.25, 0.3) is 0 Å². The molecule has 158 valence electrons. The molecule has 1 aliphatic heterocycles. The molecule has 3 aromatic rings. The molecule has 1 atom stereocenters. The highest BCUT2D eigenvalue weighted by atomic mass is 35.5. The Hall–Kier alpha value is -3.07. The van der Waals surface area contributed by atoms with Crippen molar-refractivity contribution in [2.75, 3.05) is 13.1 Å². The van der Waals surface area contributed by atoms with E-state index in [9.17, 15) is 9.59 Å². The number of rotatable bonds is 3. The van der Waals surface area contributed by atoms with Gasteiger partial charge in [0, 0.05) is 13.0 Å². The highest BCUT2D eigenvalue weighted by Gasteiger charge is 2.31. The van der Waals surface area contributed by atoms with Crippen LogP contribution in [0.4, 0.5) is 4.79 Å². The number of likely N-dealkylation sites (tertiary alicyclic amines) is 1. The van der Waals surface area contributed by atoms with Crippen LogP contribution in [0.2, 0.25) is 5.02 Å². The number of hydrogen-bond acceptors (Lipinski definition) is 6. The van der Waals surface area contributed by atoms with Gasteiger partial charge in [-0.05, 0) is 38.3 Å². The first-order valence-electron chi connectivity index (χ1n) is 9.58. The Kier molecular flexibility index (Phi) is 5.15. The summed E-state index contributed by atoms with van der Waals surface area (Å²) in [6, 6.07) is 7.25. The fourth-order valence-electron chi connectivity index (χ4n) is 3.30. The number of amides is 1. The largest absolute Gasteiger partial charge is 0.472 e. The van der Waals surface area contributed by atoms with Crippen LogP contribution in [0.25, 0.3) is 22.3 Å². The van der Waals surface area contributed by atoms with Crippen molar-refractivity contribution in [3.05, 3.63) is 39.8 Å². The van der Waals surface area contributed by atoms with Gasteiger partial charge in [-0.2, -0.15) is 5.10 Å². The number of H-pyrrole nitrogens is 2. The molecule has 0 aliphatic carbocycles. The van der Waals surface area contributed by atoms with Crippen LogP contribution in [0, 0.1) is 0 Å². The number of carbonyl (C=O) groups is 1. The highest BCUT2D eigenvalue weighted by molar-refractivity contribution is 6.36. The number of carbonyl (C=O) groups excluding carboxylic acids is 1. The third kappa shape index (κ3) is 4.25. The maximum Gasteiger partial charge on any atom is 0.410 e. The summed E-state index contributed by atoms with van der Waals surface area (Å²) < 4.78 is 11.6. The van der Waals surface area contributed by atoms with Crippen molar-refractivity contribution in [1.82, 2.24) is 25.1 Å². The van der Waals surface area contributed by atoms with E-state index < -0.39 is 11.3 Å². The molecule has 0 saturated carbocycles. The van der Waals surface area contributed by atoms with Gasteiger partial charge in [-0.25, -0.2) is 19.7 Å². The highest BCUT2D eigenvalue weighted by Crippen LogP contribution is 2.34. The van der Waals surface area contributed by atoms with Gasteiger partial charge in [0.05, 0.1) is 17.0 Å². The normalized spacial score (nSPS) is 16.8. The Morgan fingerprint density at radius 2 is 2.13 bits per heavy atom. The van der Waals surface area contributed by atoms with Gasteiger partial charge in [0.2, 0.25) is 5.88 Å². The van der Waals surface area contributed by atoms with Gasteiger partial charge in [0.1, 0.15) is 17.4 Å². The molecule has 3 heterocycles. The molecule has 1 fully saturated rings. The van der Waals surface area contributed by atoms with Crippen LogP contribution >= 0.6 is 11.6 Å². The Morgan fingerprint density at radius 3 is 2.83 bits per heavy atom. The molecule has 4 rings (SSSR count). The summed E-state index contributed by atoms with van der Waals surface area (Å²) in [5.41, 5.74) is -0.541. The van der Waals surface area contributed by atoms with Crippen molar-refractivity contribution in [2.24, 2.45) is 0 Å². The number of ether oxygens (including phenoxy) is 2. The zero-order valence-electron chi connectivity index (χ0n) is 16.9. The van der Waals surface area contributed by atoms with Crippen LogP contribution in [0.3, 0.4) is 0 Å². The molecule has 1 aliphatic rings. The smallest absolute Gasteiger partial charge is 0.410 e. The standard InChI is InChI=1S/C20H22ClN5O4/c1-20(2,3)30-19(28)26-8-7-12(10-26)29-17-15-11(5-4-6-13(15)21)9-14(22-17)16-23-18(27)25-24-16/h4-6,9,12H,7-8,10H2,1-3H3,(H2,23,24,25,27)/t12-/m0/s1. The molecule has 9 nitrogen and oxygen atoms in total. The molecular weight excluding hydrogens is 410 g/mol. The second-order valence-corrected chi connectivity index (χ2v) is 8.54. The Balaban J connectivity index is 1.62. The first-order chi connectivity index (χ1) is 14.2. The maximum atomic E-state index is 12.3. The lowest BCUT2D eigenvalue weighted by Gasteiger charge is -2.24. The summed E-state index contributed by atoms with van der Waals surface area (Å²) in [6.07, 6.45) is 0.00125. The number of aromatic amines is 2. The van der Waals surface area contributed by atoms with Crippen molar-refractivity contribution >= 4 is 28.5 Å². The second kappa shape index (κ2) is 7.64. The third-order valence-corrected chi connectivity index (χ3v) is 4.91. The van der Waals surface area contributed by atoms with Gasteiger partial charge >= 0.3 is 11.8 Å². The van der Waals surface area contributed by atoms with Crippen LogP contribution < -0.4 is 10.4 Å². The van der Waals surface area contributed by atoms with Crippen molar-refractivity contribution in [3.8, 4) is 17.4 Å². The predicted octanol–water partition coefficient (Wildman–Crippen LogP) is 3.35. The molecule has 0 bridgehead atoms. The van der Waals surface area contributed by atoms with E-state index in [0.29, 0.717) is 47.3 Å². The van der Waals surface area contributed by atoms with Crippen molar-refractivity contribution in [3.63, 3.8) is 0 Å². The van der Waals surface area contributed by atoms with Gasteiger partial charge in [-0.15, -0.1) is 0 Å². The lowest BCUT2D eigenvalue weighted by molar-refractivity contribution is 0.0275. The van der Waals surface area contributed by atoms with E-state index in [2.05, 4.69) is 20.2 Å². The number of halogens is 1. The molecule has 10 heteroatoms. The Labute approximate surface area is 177 Å². The van der Waals surface area contributed by atoms with Crippen LogP contribution in [0.15, 0.2) is 29.1 Å². The summed E-state index contributed by atoms with van der Waals surface area (Å²) in [5, 5.41) is 8.24. The molecule has 0 unspecified atom stereocenters. The zero-order valence-corrected chi connectivity index (χ0v) is 17.6. The fourth-order valence-corrected chi connectivity index (χ4v) is 3.57. The monoisotopic (exact) mass is 431 g/mol. The van der Waals surface area contributed by atoms with E-state index in [1.54, 1.807) is 17.0 Å². The number of nitrogens with zero attached hydrogens (tertiary/aromatic N) is 3. The fraction of sp³-hybridized carbons (Fsp3) is 0.400. The number of pyridine rings is 1. The lowest BCUT2D eigenvalue weighted by Crippen LogP contribution is -2.36. The van der Waals surface area contributed by atoms with Gasteiger partial charge in [0.15, 0.2) is 5.82 Å². The quantitative estimate of drug-likeness (QED) is 0.657. The van der Waals surface area contributed by atoms with Crippen molar-refractivity contribution in [2.45, 2.75) is 38.9 Å². The summed E-state index contributed by atoms with van der Waals surface area (Å²) in [6.45, 7) is 6.40. The summed E-state index contributed by atoms with van der Waals surface area (Å²) in [7, 11) is 0. The van der Waals surface area contributed by atoms with Crippen LogP contribution in [-0.2, 0) is 4.74 Å². The molecular formula is C20H22ClN5O4. The number of benzene rings is 1. The van der Waals surface area contributed by atoms with Gasteiger partial charge in [-0.1, -0.05) is 23.7 Å². The molecule has 1 saturated heterocycles. The van der Waals surface area contributed by atoms with E-state index in [4.69, 9.17) is 21.1 Å².